The van der Waals surface area contributed by atoms with E-state index in [1.54, 1.807) is 4.90 Å². The Morgan fingerprint density at radius 2 is 2.14 bits per heavy atom. The molecule has 3 rings (SSSR count). The summed E-state index contributed by atoms with van der Waals surface area (Å²) >= 11 is 5.77. The normalized spacial score (nSPS) is 15.5. The number of aliphatic imine (C=N–C) groups is 1. The Hall–Kier alpha value is -2.56. The number of amidine groups is 1. The molecule has 2 heterocycles. The van der Waals surface area contributed by atoms with E-state index in [1.807, 2.05) is 0 Å². The lowest BCUT2D eigenvalue weighted by atomic mass is 10.2. The van der Waals surface area contributed by atoms with Crippen LogP contribution in [0.15, 0.2) is 27.8 Å². The van der Waals surface area contributed by atoms with Crippen molar-refractivity contribution in [2.75, 3.05) is 39.4 Å². The van der Waals surface area contributed by atoms with Gasteiger partial charge in [0.2, 0.25) is 5.91 Å². The van der Waals surface area contributed by atoms with Gasteiger partial charge in [0.15, 0.2) is 11.5 Å². The number of amides is 1. The minimum absolute atomic E-state index is 0.0283. The maximum atomic E-state index is 13.3. The van der Waals surface area contributed by atoms with E-state index >= 15 is 0 Å². The molecule has 1 saturated heterocycles. The molecule has 2 aromatic rings. The topological polar surface area (TPSA) is 110 Å². The van der Waals surface area contributed by atoms with Crippen molar-refractivity contribution in [2.45, 2.75) is 13.5 Å². The SMILES string of the molecule is CC(=O)N(CCN1CCOCC1)Cc1nonc1C(N)=Nc1ccc(F)c(Cl)c1. The van der Waals surface area contributed by atoms with Crippen LogP contribution in [0.25, 0.3) is 0 Å². The number of aromatic nitrogens is 2. The van der Waals surface area contributed by atoms with E-state index in [-0.39, 0.29) is 29.0 Å². The minimum Gasteiger partial charge on any atom is -0.382 e. The summed E-state index contributed by atoms with van der Waals surface area (Å²) in [6.45, 7) is 5.97. The van der Waals surface area contributed by atoms with E-state index in [4.69, 9.17) is 26.7 Å². The summed E-state index contributed by atoms with van der Waals surface area (Å²) in [5, 5.41) is 7.60. The van der Waals surface area contributed by atoms with Gasteiger partial charge in [-0.1, -0.05) is 16.8 Å². The molecule has 0 atom stereocenters. The highest BCUT2D eigenvalue weighted by molar-refractivity contribution is 6.31. The molecular formula is C18H22ClFN6O3. The fourth-order valence-electron chi connectivity index (χ4n) is 2.87. The number of halogens is 2. The number of nitrogens with two attached hydrogens (primary N) is 1. The van der Waals surface area contributed by atoms with Gasteiger partial charge in [0.05, 0.1) is 30.5 Å². The molecule has 1 aromatic carbocycles. The quantitative estimate of drug-likeness (QED) is 0.530. The molecule has 1 aromatic heterocycles. The second kappa shape index (κ2) is 9.77. The van der Waals surface area contributed by atoms with Gasteiger partial charge in [0, 0.05) is 33.1 Å². The van der Waals surface area contributed by atoms with Crippen molar-refractivity contribution >= 4 is 29.0 Å². The number of benzene rings is 1. The average molecular weight is 425 g/mol. The summed E-state index contributed by atoms with van der Waals surface area (Å²) in [7, 11) is 0. The summed E-state index contributed by atoms with van der Waals surface area (Å²) in [4.78, 5) is 20.1. The Kier molecular flexibility index (Phi) is 7.13. The van der Waals surface area contributed by atoms with Crippen molar-refractivity contribution in [2.24, 2.45) is 10.7 Å². The lowest BCUT2D eigenvalue weighted by molar-refractivity contribution is -0.129. The standard InChI is InChI=1S/C18H22ClFN6O3/c1-12(27)26(5-4-25-6-8-28-9-7-25)11-16-17(24-29-23-16)18(21)22-13-2-3-15(20)14(19)10-13/h2-3,10H,4-9,11H2,1H3,(H2,21,22). The number of ether oxygens (including phenoxy) is 1. The number of morpholine rings is 1. The fourth-order valence-corrected chi connectivity index (χ4v) is 3.04. The molecule has 1 fully saturated rings. The molecule has 0 spiro atoms. The molecule has 0 unspecified atom stereocenters. The summed E-state index contributed by atoms with van der Waals surface area (Å²) < 4.78 is 23.4. The maximum absolute atomic E-state index is 13.3. The van der Waals surface area contributed by atoms with Gasteiger partial charge >= 0.3 is 0 Å². The fraction of sp³-hybridized carbons (Fsp3) is 0.444. The first-order valence-electron chi connectivity index (χ1n) is 9.10. The molecule has 0 radical (unpaired) electrons. The predicted octanol–water partition coefficient (Wildman–Crippen LogP) is 1.58. The van der Waals surface area contributed by atoms with Gasteiger partial charge in [0.1, 0.15) is 11.5 Å². The van der Waals surface area contributed by atoms with Crippen molar-refractivity contribution in [3.8, 4) is 0 Å². The van der Waals surface area contributed by atoms with E-state index in [1.165, 1.54) is 25.1 Å². The smallest absolute Gasteiger partial charge is 0.219 e. The Morgan fingerprint density at radius 1 is 1.38 bits per heavy atom. The molecule has 2 N–H and O–H groups in total. The number of carbonyl (C=O) groups excluding carboxylic acids is 1. The van der Waals surface area contributed by atoms with Gasteiger partial charge in [0.25, 0.3) is 0 Å². The summed E-state index contributed by atoms with van der Waals surface area (Å²) in [6, 6.07) is 3.98. The maximum Gasteiger partial charge on any atom is 0.219 e. The Balaban J connectivity index is 1.70. The zero-order chi connectivity index (χ0) is 20.8. The third-order valence-corrected chi connectivity index (χ3v) is 4.82. The van der Waals surface area contributed by atoms with Crippen LogP contribution < -0.4 is 5.73 Å². The number of carbonyl (C=O) groups is 1. The van der Waals surface area contributed by atoms with Gasteiger partial charge in [-0.2, -0.15) is 0 Å². The highest BCUT2D eigenvalue weighted by Gasteiger charge is 2.20. The second-order valence-electron chi connectivity index (χ2n) is 6.55. The van der Waals surface area contributed by atoms with Gasteiger partial charge in [-0.15, -0.1) is 0 Å². The van der Waals surface area contributed by atoms with Crippen LogP contribution in [0.3, 0.4) is 0 Å². The van der Waals surface area contributed by atoms with Crippen molar-refractivity contribution < 1.29 is 18.6 Å². The molecule has 0 saturated carbocycles. The van der Waals surface area contributed by atoms with E-state index < -0.39 is 5.82 Å². The summed E-state index contributed by atoms with van der Waals surface area (Å²) in [6.07, 6.45) is 0. The number of hydrogen-bond acceptors (Lipinski definition) is 7. The highest BCUT2D eigenvalue weighted by Crippen LogP contribution is 2.22. The van der Waals surface area contributed by atoms with Crippen molar-refractivity contribution in [1.29, 1.82) is 0 Å². The van der Waals surface area contributed by atoms with Crippen LogP contribution in [0.4, 0.5) is 10.1 Å². The zero-order valence-corrected chi connectivity index (χ0v) is 16.7. The van der Waals surface area contributed by atoms with E-state index in [0.717, 1.165) is 19.6 Å². The van der Waals surface area contributed by atoms with E-state index in [0.29, 0.717) is 31.1 Å². The van der Waals surface area contributed by atoms with Crippen LogP contribution >= 0.6 is 11.6 Å². The molecule has 1 amide bonds. The van der Waals surface area contributed by atoms with Crippen molar-refractivity contribution in [3.05, 3.63) is 40.4 Å². The van der Waals surface area contributed by atoms with Crippen molar-refractivity contribution in [3.63, 3.8) is 0 Å². The first-order valence-corrected chi connectivity index (χ1v) is 9.48. The highest BCUT2D eigenvalue weighted by atomic mass is 35.5. The van der Waals surface area contributed by atoms with E-state index in [2.05, 4.69) is 20.2 Å². The number of hydrogen-bond donors (Lipinski definition) is 1. The van der Waals surface area contributed by atoms with Gasteiger partial charge in [-0.3, -0.25) is 9.69 Å². The second-order valence-corrected chi connectivity index (χ2v) is 6.96. The first-order chi connectivity index (χ1) is 13.9. The molecule has 11 heteroatoms. The average Bonchev–Trinajstić information content (AvgIpc) is 3.17. The number of rotatable bonds is 7. The molecule has 1 aliphatic rings. The molecule has 0 bridgehead atoms. The monoisotopic (exact) mass is 424 g/mol. The Labute approximate surface area is 172 Å². The van der Waals surface area contributed by atoms with Gasteiger partial charge < -0.3 is 15.4 Å². The zero-order valence-electron chi connectivity index (χ0n) is 16.0. The molecule has 0 aliphatic carbocycles. The lowest BCUT2D eigenvalue weighted by Gasteiger charge is -2.29. The van der Waals surface area contributed by atoms with Crippen molar-refractivity contribution in [1.82, 2.24) is 20.1 Å². The summed E-state index contributed by atoms with van der Waals surface area (Å²) in [5.41, 5.74) is 7.00. The Morgan fingerprint density at radius 3 is 2.83 bits per heavy atom. The van der Waals surface area contributed by atoms with Crippen LogP contribution in [-0.2, 0) is 16.1 Å². The van der Waals surface area contributed by atoms with E-state index in [9.17, 15) is 9.18 Å². The number of nitrogens with zero attached hydrogens (tertiary/aromatic N) is 5. The third-order valence-electron chi connectivity index (χ3n) is 4.53. The van der Waals surface area contributed by atoms with Crippen LogP contribution in [0.5, 0.6) is 0 Å². The first kappa shape index (κ1) is 21.2. The van der Waals surface area contributed by atoms with Crippen LogP contribution in [0.2, 0.25) is 5.02 Å². The van der Waals surface area contributed by atoms with Crippen LogP contribution in [0.1, 0.15) is 18.3 Å². The molecular weight excluding hydrogens is 403 g/mol. The lowest BCUT2D eigenvalue weighted by Crippen LogP contribution is -2.42. The Bertz CT molecular complexity index is 884. The molecule has 9 nitrogen and oxygen atoms in total. The van der Waals surface area contributed by atoms with Crippen LogP contribution in [-0.4, -0.2) is 71.2 Å². The third kappa shape index (κ3) is 5.72. The molecule has 156 valence electrons. The largest absolute Gasteiger partial charge is 0.382 e. The molecule has 1 aliphatic heterocycles. The van der Waals surface area contributed by atoms with Gasteiger partial charge in [-0.25, -0.2) is 14.0 Å². The summed E-state index contributed by atoms with van der Waals surface area (Å²) in [5.74, 6) is -0.626. The predicted molar refractivity (Wildman–Crippen MR) is 104 cm³/mol. The van der Waals surface area contributed by atoms with Crippen LogP contribution in [0, 0.1) is 5.82 Å². The van der Waals surface area contributed by atoms with Gasteiger partial charge in [-0.05, 0) is 23.4 Å². The minimum atomic E-state index is -0.551. The molecule has 29 heavy (non-hydrogen) atoms.